The van der Waals surface area contributed by atoms with Gasteiger partial charge in [-0.15, -0.1) is 0 Å². The van der Waals surface area contributed by atoms with Crippen molar-refractivity contribution in [2.75, 3.05) is 13.1 Å². The molecule has 46 valence electrons. The molecule has 2 rings (SSSR count). The van der Waals surface area contributed by atoms with E-state index in [1.807, 2.05) is 0 Å². The number of nitrogens with one attached hydrogen (secondary N) is 3. The van der Waals surface area contributed by atoms with Crippen LogP contribution in [0.25, 0.3) is 0 Å². The molecular formula is C5H11N3. The van der Waals surface area contributed by atoms with Crippen molar-refractivity contribution in [1.29, 1.82) is 0 Å². The molecular weight excluding hydrogens is 102 g/mol. The minimum atomic E-state index is 0.581. The van der Waals surface area contributed by atoms with E-state index in [4.69, 9.17) is 0 Å². The molecule has 2 aliphatic heterocycles. The molecule has 0 aromatic heterocycles. The second-order valence-electron chi connectivity index (χ2n) is 2.38. The first-order valence-corrected chi connectivity index (χ1v) is 3.20. The molecule has 0 aliphatic carbocycles. The van der Waals surface area contributed by atoms with Crippen LogP contribution < -0.4 is 16.0 Å². The zero-order valence-electron chi connectivity index (χ0n) is 4.78. The van der Waals surface area contributed by atoms with Crippen LogP contribution >= 0.6 is 0 Å². The van der Waals surface area contributed by atoms with Crippen molar-refractivity contribution in [3.8, 4) is 0 Å². The fourth-order valence-electron chi connectivity index (χ4n) is 1.09. The average Bonchev–Trinajstić information content (AvgIpc) is 2.36. The van der Waals surface area contributed by atoms with Gasteiger partial charge in [-0.2, -0.15) is 0 Å². The second-order valence-corrected chi connectivity index (χ2v) is 2.38. The van der Waals surface area contributed by atoms with Crippen LogP contribution in [-0.4, -0.2) is 25.4 Å². The van der Waals surface area contributed by atoms with E-state index in [1.54, 1.807) is 0 Å². The Bertz CT molecular complexity index is 83.7. The Hall–Kier alpha value is -0.120. The average molecular weight is 113 g/mol. The highest BCUT2D eigenvalue weighted by Gasteiger charge is 2.35. The highest BCUT2D eigenvalue weighted by molar-refractivity contribution is 4.95. The third-order valence-corrected chi connectivity index (χ3v) is 1.67. The van der Waals surface area contributed by atoms with Gasteiger partial charge in [0.25, 0.3) is 0 Å². The van der Waals surface area contributed by atoms with Gasteiger partial charge in [-0.1, -0.05) is 0 Å². The van der Waals surface area contributed by atoms with E-state index in [-0.39, 0.29) is 0 Å². The standard InChI is InChI=1S/C5H11N3/c1-2-6-4-5(8-4)7-3-1/h4-8H,1-3H2. The van der Waals surface area contributed by atoms with Crippen LogP contribution in [0.3, 0.4) is 0 Å². The smallest absolute Gasteiger partial charge is 0.0879 e. The van der Waals surface area contributed by atoms with Crippen molar-refractivity contribution in [3.63, 3.8) is 0 Å². The van der Waals surface area contributed by atoms with E-state index in [0.717, 1.165) is 13.1 Å². The zero-order valence-corrected chi connectivity index (χ0v) is 4.78. The molecule has 2 heterocycles. The van der Waals surface area contributed by atoms with Crippen molar-refractivity contribution >= 4 is 0 Å². The lowest BCUT2D eigenvalue weighted by molar-refractivity contribution is 0.645. The Morgan fingerprint density at radius 2 is 1.62 bits per heavy atom. The summed E-state index contributed by atoms with van der Waals surface area (Å²) < 4.78 is 0. The van der Waals surface area contributed by atoms with Crippen molar-refractivity contribution in [2.24, 2.45) is 0 Å². The number of fused-ring (bicyclic) bond motifs is 1. The van der Waals surface area contributed by atoms with E-state index in [2.05, 4.69) is 16.0 Å². The van der Waals surface area contributed by atoms with Crippen LogP contribution in [0.2, 0.25) is 0 Å². The quantitative estimate of drug-likeness (QED) is 0.347. The van der Waals surface area contributed by atoms with Crippen LogP contribution in [0.1, 0.15) is 6.42 Å². The Labute approximate surface area is 48.8 Å². The van der Waals surface area contributed by atoms with Gasteiger partial charge in [0.2, 0.25) is 0 Å². The van der Waals surface area contributed by atoms with Crippen LogP contribution in [0, 0.1) is 0 Å². The van der Waals surface area contributed by atoms with Gasteiger partial charge in [-0.05, 0) is 19.5 Å². The first-order chi connectivity index (χ1) is 3.97. The molecule has 0 amide bonds. The van der Waals surface area contributed by atoms with Gasteiger partial charge in [-0.3, -0.25) is 16.0 Å². The number of hydrogen-bond acceptors (Lipinski definition) is 3. The molecule has 3 heteroatoms. The van der Waals surface area contributed by atoms with E-state index >= 15 is 0 Å². The normalized spacial score (nSPS) is 45.0. The summed E-state index contributed by atoms with van der Waals surface area (Å²) in [7, 11) is 0. The van der Waals surface area contributed by atoms with Gasteiger partial charge < -0.3 is 0 Å². The molecule has 8 heavy (non-hydrogen) atoms. The topological polar surface area (TPSA) is 46.0 Å². The monoisotopic (exact) mass is 113 g/mol. The molecule has 2 fully saturated rings. The van der Waals surface area contributed by atoms with Crippen LogP contribution in [0.5, 0.6) is 0 Å². The fourth-order valence-corrected chi connectivity index (χ4v) is 1.09. The Balaban J connectivity index is 1.89. The van der Waals surface area contributed by atoms with Gasteiger partial charge in [0.15, 0.2) is 0 Å². The maximum Gasteiger partial charge on any atom is 0.0879 e. The predicted molar refractivity (Wildman–Crippen MR) is 31.3 cm³/mol. The molecule has 3 N–H and O–H groups in total. The predicted octanol–water partition coefficient (Wildman–Crippen LogP) is -1.18. The third-order valence-electron chi connectivity index (χ3n) is 1.67. The Morgan fingerprint density at radius 3 is 2.25 bits per heavy atom. The summed E-state index contributed by atoms with van der Waals surface area (Å²) in [6.07, 6.45) is 2.42. The Kier molecular flexibility index (Phi) is 0.997. The first-order valence-electron chi connectivity index (χ1n) is 3.20. The van der Waals surface area contributed by atoms with Crippen LogP contribution in [0.15, 0.2) is 0 Å². The summed E-state index contributed by atoms with van der Waals surface area (Å²) in [6.45, 7) is 2.31. The lowest BCUT2D eigenvalue weighted by Crippen LogP contribution is -2.21. The maximum atomic E-state index is 3.34. The molecule has 0 aromatic carbocycles. The van der Waals surface area contributed by atoms with Crippen LogP contribution in [0.4, 0.5) is 0 Å². The summed E-state index contributed by atoms with van der Waals surface area (Å²) in [5.41, 5.74) is 0. The van der Waals surface area contributed by atoms with Gasteiger partial charge in [-0.25, -0.2) is 0 Å². The molecule has 2 unspecified atom stereocenters. The molecule has 0 spiro atoms. The highest BCUT2D eigenvalue weighted by Crippen LogP contribution is 2.05. The Morgan fingerprint density at radius 1 is 1.00 bits per heavy atom. The summed E-state index contributed by atoms with van der Waals surface area (Å²) in [5.74, 6) is 0. The molecule has 3 nitrogen and oxygen atoms in total. The van der Waals surface area contributed by atoms with Gasteiger partial charge >= 0.3 is 0 Å². The minimum absolute atomic E-state index is 0.581. The maximum absolute atomic E-state index is 3.34. The highest BCUT2D eigenvalue weighted by atomic mass is 15.4. The molecule has 0 bridgehead atoms. The molecule has 2 saturated heterocycles. The van der Waals surface area contributed by atoms with Gasteiger partial charge in [0, 0.05) is 0 Å². The molecule has 2 atom stereocenters. The van der Waals surface area contributed by atoms with Crippen molar-refractivity contribution in [2.45, 2.75) is 18.8 Å². The molecule has 2 aliphatic rings. The SMILES string of the molecule is C1CNC2NC2NC1. The van der Waals surface area contributed by atoms with Gasteiger partial charge in [0.05, 0.1) is 12.3 Å². The summed E-state index contributed by atoms with van der Waals surface area (Å²) in [4.78, 5) is 0. The molecule has 0 aromatic rings. The lowest BCUT2D eigenvalue weighted by atomic mass is 10.4. The van der Waals surface area contributed by atoms with E-state index in [9.17, 15) is 0 Å². The number of hydrogen-bond donors (Lipinski definition) is 3. The minimum Gasteiger partial charge on any atom is -0.299 e. The van der Waals surface area contributed by atoms with Crippen molar-refractivity contribution in [3.05, 3.63) is 0 Å². The van der Waals surface area contributed by atoms with E-state index in [1.165, 1.54) is 6.42 Å². The van der Waals surface area contributed by atoms with Gasteiger partial charge in [0.1, 0.15) is 0 Å². The summed E-state index contributed by atoms with van der Waals surface area (Å²) >= 11 is 0. The van der Waals surface area contributed by atoms with E-state index in [0.29, 0.717) is 12.3 Å². The first kappa shape index (κ1) is 4.73. The van der Waals surface area contributed by atoms with Crippen molar-refractivity contribution < 1.29 is 0 Å². The van der Waals surface area contributed by atoms with Crippen LogP contribution in [-0.2, 0) is 0 Å². The zero-order chi connectivity index (χ0) is 5.40. The molecule has 0 radical (unpaired) electrons. The summed E-state index contributed by atoms with van der Waals surface area (Å²) in [6, 6.07) is 0. The second kappa shape index (κ2) is 1.69. The lowest BCUT2D eigenvalue weighted by Gasteiger charge is -1.95. The third kappa shape index (κ3) is 0.727. The number of rotatable bonds is 0. The molecule has 0 saturated carbocycles. The van der Waals surface area contributed by atoms with E-state index < -0.39 is 0 Å². The van der Waals surface area contributed by atoms with Crippen molar-refractivity contribution in [1.82, 2.24) is 16.0 Å². The summed E-state index contributed by atoms with van der Waals surface area (Å²) in [5, 5.41) is 9.94. The fraction of sp³-hybridized carbons (Fsp3) is 1.00. The largest absolute Gasteiger partial charge is 0.299 e.